The fourth-order valence-electron chi connectivity index (χ4n) is 4.48. The van der Waals surface area contributed by atoms with Crippen molar-refractivity contribution in [3.8, 4) is 45.3 Å². The zero-order valence-electron chi connectivity index (χ0n) is 21.7. The fourth-order valence-corrected chi connectivity index (χ4v) is 4.48. The van der Waals surface area contributed by atoms with Crippen LogP contribution in [0.1, 0.15) is 0 Å². The Labute approximate surface area is 223 Å². The van der Waals surface area contributed by atoms with E-state index in [0.717, 1.165) is 34.1 Å². The van der Waals surface area contributed by atoms with Gasteiger partial charge in [-0.15, -0.1) is 0 Å². The monoisotopic (exact) mass is 523 g/mol. The third-order valence-corrected chi connectivity index (χ3v) is 6.45. The Morgan fingerprint density at radius 2 is 1.82 bits per heavy atom. The predicted octanol–water partition coefficient (Wildman–Crippen LogP) is 5.32. The first-order valence-electron chi connectivity index (χ1n) is 12.4. The van der Waals surface area contributed by atoms with Gasteiger partial charge in [-0.2, -0.15) is 5.10 Å². The van der Waals surface area contributed by atoms with Gasteiger partial charge in [0, 0.05) is 41.5 Å². The lowest BCUT2D eigenvalue weighted by Gasteiger charge is -2.11. The maximum absolute atomic E-state index is 14.2. The lowest BCUT2D eigenvalue weighted by molar-refractivity contribution is 0.261. The predicted molar refractivity (Wildman–Crippen MR) is 148 cm³/mol. The minimum atomic E-state index is -0.387. The van der Waals surface area contributed by atoms with Crippen molar-refractivity contribution in [1.29, 1.82) is 0 Å². The van der Waals surface area contributed by atoms with Crippen LogP contribution >= 0.6 is 0 Å². The van der Waals surface area contributed by atoms with Crippen LogP contribution < -0.4 is 9.47 Å². The second kappa shape index (κ2) is 10.1. The molecule has 0 aliphatic rings. The Kier molecular flexibility index (Phi) is 6.37. The lowest BCUT2D eigenvalue weighted by Crippen LogP contribution is -2.19. The Balaban J connectivity index is 1.38. The summed E-state index contributed by atoms with van der Waals surface area (Å²) in [6, 6.07) is 14.4. The average molecular weight is 524 g/mol. The van der Waals surface area contributed by atoms with Crippen molar-refractivity contribution in [2.75, 3.05) is 34.4 Å². The van der Waals surface area contributed by atoms with Gasteiger partial charge in [0.05, 0.1) is 24.3 Å². The Bertz CT molecular complexity index is 1790. The number of fused-ring (bicyclic) bond motifs is 2. The number of hydrogen-bond acceptors (Lipinski definition) is 7. The topological polar surface area (TPSA) is 105 Å². The molecule has 0 radical (unpaired) electrons. The summed E-state index contributed by atoms with van der Waals surface area (Å²) < 4.78 is 25.4. The normalized spacial score (nSPS) is 11.5. The van der Waals surface area contributed by atoms with Crippen LogP contribution in [0.2, 0.25) is 0 Å². The summed E-state index contributed by atoms with van der Waals surface area (Å²) in [5.74, 6) is 1.31. The summed E-state index contributed by atoms with van der Waals surface area (Å²) in [5, 5.41) is 8.52. The van der Waals surface area contributed by atoms with E-state index < -0.39 is 0 Å². The molecule has 0 fully saturated rings. The van der Waals surface area contributed by atoms with Crippen LogP contribution in [0.5, 0.6) is 11.5 Å². The van der Waals surface area contributed by atoms with E-state index in [9.17, 15) is 4.39 Å². The molecule has 2 aromatic carbocycles. The number of nitrogens with one attached hydrogen (secondary N) is 2. The molecule has 4 aromatic heterocycles. The molecule has 4 heterocycles. The maximum atomic E-state index is 14.2. The van der Waals surface area contributed by atoms with E-state index >= 15 is 0 Å². The third-order valence-electron chi connectivity index (χ3n) is 6.45. The molecule has 196 valence electrons. The van der Waals surface area contributed by atoms with Crippen molar-refractivity contribution < 1.29 is 13.9 Å². The van der Waals surface area contributed by atoms with E-state index in [2.05, 4.69) is 30.0 Å². The van der Waals surface area contributed by atoms with Crippen LogP contribution in [0.3, 0.4) is 0 Å². The van der Waals surface area contributed by atoms with Gasteiger partial charge in [0.15, 0.2) is 11.5 Å². The third kappa shape index (κ3) is 4.89. The van der Waals surface area contributed by atoms with Crippen molar-refractivity contribution >= 4 is 22.1 Å². The van der Waals surface area contributed by atoms with Gasteiger partial charge >= 0.3 is 0 Å². The van der Waals surface area contributed by atoms with E-state index in [-0.39, 0.29) is 5.82 Å². The van der Waals surface area contributed by atoms with E-state index in [0.29, 0.717) is 46.4 Å². The van der Waals surface area contributed by atoms with Gasteiger partial charge in [0.25, 0.3) is 0 Å². The average Bonchev–Trinajstić information content (AvgIpc) is 3.56. The van der Waals surface area contributed by atoms with Crippen molar-refractivity contribution in [1.82, 2.24) is 35.0 Å². The number of imidazole rings is 1. The second-order valence-electron chi connectivity index (χ2n) is 9.42. The number of pyridine rings is 2. The van der Waals surface area contributed by atoms with Crippen LogP contribution in [0.25, 0.3) is 55.8 Å². The quantitative estimate of drug-likeness (QED) is 0.278. The number of rotatable bonds is 8. The van der Waals surface area contributed by atoms with Crippen LogP contribution in [-0.2, 0) is 0 Å². The molecule has 0 spiro atoms. The molecule has 2 N–H and O–H groups in total. The number of halogens is 1. The van der Waals surface area contributed by atoms with Crippen LogP contribution in [0.4, 0.5) is 4.39 Å². The fraction of sp³-hybridized carbons (Fsp3) is 0.172. The summed E-state index contributed by atoms with van der Waals surface area (Å²) >= 11 is 0. The Hall–Kier alpha value is -4.83. The van der Waals surface area contributed by atoms with Crippen LogP contribution in [-0.4, -0.2) is 69.4 Å². The largest absolute Gasteiger partial charge is 0.497 e. The van der Waals surface area contributed by atoms with Gasteiger partial charge in [0.2, 0.25) is 0 Å². The Morgan fingerprint density at radius 1 is 0.949 bits per heavy atom. The summed E-state index contributed by atoms with van der Waals surface area (Å²) in [5.41, 5.74) is 6.02. The highest BCUT2D eigenvalue weighted by atomic mass is 19.1. The first-order chi connectivity index (χ1) is 19.0. The highest BCUT2D eigenvalue weighted by molar-refractivity contribution is 5.97. The van der Waals surface area contributed by atoms with E-state index in [1.54, 1.807) is 18.5 Å². The molecule has 0 saturated carbocycles. The zero-order valence-corrected chi connectivity index (χ0v) is 21.7. The number of aromatic amines is 2. The number of ether oxygens (including phenoxy) is 2. The number of benzene rings is 2. The molecule has 9 nitrogen and oxygen atoms in total. The molecule has 0 bridgehead atoms. The van der Waals surface area contributed by atoms with Crippen LogP contribution in [0.15, 0.2) is 67.1 Å². The van der Waals surface area contributed by atoms with Gasteiger partial charge in [-0.3, -0.25) is 10.1 Å². The van der Waals surface area contributed by atoms with E-state index in [4.69, 9.17) is 14.5 Å². The minimum Gasteiger partial charge on any atom is -0.497 e. The van der Waals surface area contributed by atoms with Gasteiger partial charge in [-0.25, -0.2) is 14.4 Å². The number of aromatic nitrogens is 6. The molecular weight excluding hydrogens is 497 g/mol. The van der Waals surface area contributed by atoms with Gasteiger partial charge in [0.1, 0.15) is 29.6 Å². The smallest absolute Gasteiger partial charge is 0.178 e. The molecule has 10 heteroatoms. The highest BCUT2D eigenvalue weighted by Crippen LogP contribution is 2.34. The molecule has 0 amide bonds. The van der Waals surface area contributed by atoms with Crippen molar-refractivity contribution in [3.05, 3.63) is 72.9 Å². The van der Waals surface area contributed by atoms with Gasteiger partial charge in [-0.05, 0) is 61.6 Å². The van der Waals surface area contributed by atoms with E-state index in [1.807, 2.05) is 50.6 Å². The van der Waals surface area contributed by atoms with Crippen LogP contribution in [0, 0.1) is 5.82 Å². The lowest BCUT2D eigenvalue weighted by atomic mass is 10.0. The molecular formula is C29H26FN7O2. The minimum absolute atomic E-state index is 0.387. The molecule has 39 heavy (non-hydrogen) atoms. The van der Waals surface area contributed by atoms with Crippen molar-refractivity contribution in [2.24, 2.45) is 0 Å². The SMILES string of the molecule is COc1cc(F)cc(-c2ccnc3nc(-c4n[nH]c5ccc(-c6cncc(OCCN(C)C)c6)cc45)[nH]c23)c1. The highest BCUT2D eigenvalue weighted by Gasteiger charge is 2.17. The zero-order chi connectivity index (χ0) is 26.9. The summed E-state index contributed by atoms with van der Waals surface area (Å²) in [7, 11) is 5.52. The van der Waals surface area contributed by atoms with Gasteiger partial charge < -0.3 is 19.4 Å². The van der Waals surface area contributed by atoms with Crippen molar-refractivity contribution in [3.63, 3.8) is 0 Å². The van der Waals surface area contributed by atoms with E-state index in [1.165, 1.54) is 19.2 Å². The molecule has 6 rings (SSSR count). The van der Waals surface area contributed by atoms with Gasteiger partial charge in [-0.1, -0.05) is 6.07 Å². The second-order valence-corrected chi connectivity index (χ2v) is 9.42. The first kappa shape index (κ1) is 24.5. The number of hydrogen-bond donors (Lipinski definition) is 2. The summed E-state index contributed by atoms with van der Waals surface area (Å²) in [4.78, 5) is 18.9. The number of H-pyrrole nitrogens is 2. The molecule has 0 aliphatic carbocycles. The Morgan fingerprint density at radius 3 is 2.67 bits per heavy atom. The standard InChI is InChI=1S/C29H26FN7O2/c1-37(2)8-9-39-22-12-19(15-31-16-22)17-4-5-25-24(13-17)27(36-35-25)29-33-26-23(6-7-32-28(26)34-29)18-10-20(30)14-21(11-18)38-3/h4-7,10-16H,8-9H2,1-3H3,(H,35,36)(H,32,33,34). The molecule has 0 aliphatic heterocycles. The number of nitrogens with zero attached hydrogens (tertiary/aromatic N) is 5. The molecule has 0 unspecified atom stereocenters. The van der Waals surface area contributed by atoms with Crippen molar-refractivity contribution in [2.45, 2.75) is 0 Å². The summed E-state index contributed by atoms with van der Waals surface area (Å²) in [6.45, 7) is 1.39. The molecule has 0 saturated heterocycles. The maximum Gasteiger partial charge on any atom is 0.178 e. The number of methoxy groups -OCH3 is 1. The number of likely N-dealkylation sites (N-methyl/N-ethyl adjacent to an activating group) is 1. The summed E-state index contributed by atoms with van der Waals surface area (Å²) in [6.07, 6.45) is 5.18. The molecule has 0 atom stereocenters. The first-order valence-corrected chi connectivity index (χ1v) is 12.4. The molecule has 6 aromatic rings.